The number of fused-ring (bicyclic) bond motifs is 1. The number of rotatable bonds is 3. The summed E-state index contributed by atoms with van der Waals surface area (Å²) in [5.41, 5.74) is 8.69. The van der Waals surface area contributed by atoms with Gasteiger partial charge in [0.15, 0.2) is 0 Å². The zero-order valence-electron chi connectivity index (χ0n) is 20.6. The number of hydrogen-bond acceptors (Lipinski definition) is 7. The van der Waals surface area contributed by atoms with Gasteiger partial charge in [0.2, 0.25) is 5.88 Å². The molecule has 3 heterocycles. The molecule has 1 atom stereocenters. The molecule has 0 bridgehead atoms. The third kappa shape index (κ3) is 4.58. The Morgan fingerprint density at radius 1 is 1.21 bits per heavy atom. The molecule has 7 heteroatoms. The van der Waals surface area contributed by atoms with Gasteiger partial charge in [-0.25, -0.2) is 9.78 Å². The van der Waals surface area contributed by atoms with Gasteiger partial charge < -0.3 is 20.1 Å². The van der Waals surface area contributed by atoms with Crippen molar-refractivity contribution in [2.45, 2.75) is 65.4 Å². The molecule has 2 N–H and O–H groups in total. The lowest BCUT2D eigenvalue weighted by Crippen LogP contribution is -2.34. The summed E-state index contributed by atoms with van der Waals surface area (Å²) in [4.78, 5) is 20.7. The Labute approximate surface area is 200 Å². The number of benzene rings is 1. The summed E-state index contributed by atoms with van der Waals surface area (Å²) in [7, 11) is 0. The van der Waals surface area contributed by atoms with E-state index in [-0.39, 0.29) is 17.0 Å². The second-order valence-corrected chi connectivity index (χ2v) is 10.0. The van der Waals surface area contributed by atoms with Gasteiger partial charge in [0.05, 0.1) is 17.0 Å². The molecule has 178 valence electrons. The minimum Gasteiger partial charge on any atom is -0.456 e. The van der Waals surface area contributed by atoms with Gasteiger partial charge in [-0.1, -0.05) is 11.6 Å². The van der Waals surface area contributed by atoms with Crippen LogP contribution in [0, 0.1) is 18.3 Å². The quantitative estimate of drug-likeness (QED) is 0.646. The molecule has 2 aromatic rings. The summed E-state index contributed by atoms with van der Waals surface area (Å²) < 4.78 is 11.4. The number of anilines is 1. The Morgan fingerprint density at radius 3 is 2.56 bits per heavy atom. The van der Waals surface area contributed by atoms with Crippen LogP contribution in [-0.4, -0.2) is 29.6 Å². The minimum atomic E-state index is -0.733. The number of aryl methyl sites for hydroxylation is 1. The van der Waals surface area contributed by atoms with Gasteiger partial charge in [0.25, 0.3) is 0 Å². The molecular formula is C27H32N4O3. The van der Waals surface area contributed by atoms with Crippen LogP contribution in [0.4, 0.5) is 5.82 Å². The Hall–Kier alpha value is -3.53. The molecule has 1 fully saturated rings. The SMILES string of the molecule is CC1=C(C(=O)OC(C)(C)C)C(c2cc3cc(C)ccc3nc2N2CCCCC2)C(C#N)=C(N)O1. The highest BCUT2D eigenvalue weighted by molar-refractivity contribution is 5.94. The number of ether oxygens (including phenoxy) is 2. The first-order chi connectivity index (χ1) is 16.1. The maximum absolute atomic E-state index is 13.4. The van der Waals surface area contributed by atoms with Crippen molar-refractivity contribution >= 4 is 22.7 Å². The van der Waals surface area contributed by atoms with Crippen LogP contribution in [0.15, 0.2) is 47.1 Å². The smallest absolute Gasteiger partial charge is 0.338 e. The maximum Gasteiger partial charge on any atom is 0.338 e. The molecule has 34 heavy (non-hydrogen) atoms. The molecule has 0 saturated carbocycles. The van der Waals surface area contributed by atoms with Crippen LogP contribution in [-0.2, 0) is 14.3 Å². The molecule has 0 radical (unpaired) electrons. The van der Waals surface area contributed by atoms with E-state index >= 15 is 0 Å². The molecule has 2 aliphatic rings. The molecule has 1 aromatic carbocycles. The lowest BCUT2D eigenvalue weighted by molar-refractivity contribution is -0.150. The van der Waals surface area contributed by atoms with Crippen LogP contribution in [0.5, 0.6) is 0 Å². The lowest BCUT2D eigenvalue weighted by Gasteiger charge is -2.34. The van der Waals surface area contributed by atoms with Gasteiger partial charge in [0, 0.05) is 24.0 Å². The van der Waals surface area contributed by atoms with Gasteiger partial charge in [-0.15, -0.1) is 0 Å². The number of piperidine rings is 1. The van der Waals surface area contributed by atoms with E-state index in [1.165, 1.54) is 6.42 Å². The molecule has 7 nitrogen and oxygen atoms in total. The van der Waals surface area contributed by atoms with Gasteiger partial charge in [-0.05, 0) is 72.1 Å². The van der Waals surface area contributed by atoms with Crippen molar-refractivity contribution in [3.05, 3.63) is 58.2 Å². The topological polar surface area (TPSA) is 101 Å². The zero-order chi connectivity index (χ0) is 24.6. The average Bonchev–Trinajstić information content (AvgIpc) is 2.77. The Morgan fingerprint density at radius 2 is 1.91 bits per heavy atom. The fourth-order valence-electron chi connectivity index (χ4n) is 4.66. The molecule has 0 spiro atoms. The first kappa shape index (κ1) is 23.6. The van der Waals surface area contributed by atoms with Crippen LogP contribution >= 0.6 is 0 Å². The van der Waals surface area contributed by atoms with E-state index in [2.05, 4.69) is 17.0 Å². The summed E-state index contributed by atoms with van der Waals surface area (Å²) in [6, 6.07) is 10.4. The molecule has 1 saturated heterocycles. The van der Waals surface area contributed by atoms with Crippen LogP contribution in [0.25, 0.3) is 10.9 Å². The van der Waals surface area contributed by atoms with Crippen LogP contribution in [0.3, 0.4) is 0 Å². The van der Waals surface area contributed by atoms with E-state index in [9.17, 15) is 10.1 Å². The summed E-state index contributed by atoms with van der Waals surface area (Å²) in [6.07, 6.45) is 3.31. The number of carbonyl (C=O) groups excluding carboxylic acids is 1. The molecule has 0 aliphatic carbocycles. The number of nitriles is 1. The second-order valence-electron chi connectivity index (χ2n) is 10.0. The molecule has 1 unspecified atom stereocenters. The fourth-order valence-corrected chi connectivity index (χ4v) is 4.66. The van der Waals surface area contributed by atoms with Crippen molar-refractivity contribution in [2.24, 2.45) is 5.73 Å². The first-order valence-corrected chi connectivity index (χ1v) is 11.8. The molecule has 4 rings (SSSR count). The average molecular weight is 461 g/mol. The van der Waals surface area contributed by atoms with E-state index in [4.69, 9.17) is 20.2 Å². The summed E-state index contributed by atoms with van der Waals surface area (Å²) >= 11 is 0. The summed E-state index contributed by atoms with van der Waals surface area (Å²) in [5.74, 6) is -0.139. The number of nitrogens with zero attached hydrogens (tertiary/aromatic N) is 3. The molecule has 2 aliphatic heterocycles. The third-order valence-electron chi connectivity index (χ3n) is 6.17. The van der Waals surface area contributed by atoms with Gasteiger partial charge in [0.1, 0.15) is 28.8 Å². The van der Waals surface area contributed by atoms with Crippen LogP contribution < -0.4 is 10.6 Å². The van der Waals surface area contributed by atoms with E-state index < -0.39 is 17.5 Å². The zero-order valence-corrected chi connectivity index (χ0v) is 20.6. The highest BCUT2D eigenvalue weighted by Gasteiger charge is 2.40. The lowest BCUT2D eigenvalue weighted by atomic mass is 9.82. The predicted molar refractivity (Wildman–Crippen MR) is 132 cm³/mol. The van der Waals surface area contributed by atoms with Gasteiger partial charge in [-0.2, -0.15) is 5.26 Å². The predicted octanol–water partition coefficient (Wildman–Crippen LogP) is 4.96. The minimum absolute atomic E-state index is 0.00578. The van der Waals surface area contributed by atoms with E-state index in [1.807, 2.05) is 45.9 Å². The van der Waals surface area contributed by atoms with Crippen molar-refractivity contribution < 1.29 is 14.3 Å². The van der Waals surface area contributed by atoms with Crippen molar-refractivity contribution in [3.8, 4) is 6.07 Å². The standard InChI is InChI=1S/C27H32N4O3/c1-16-9-10-21-18(13-16)14-19(25(30-21)31-11-7-6-8-12-31)23-20(15-28)24(29)33-17(2)22(23)26(32)34-27(3,4)5/h9-10,13-14,23H,6-8,11-12,29H2,1-5H3. The number of esters is 1. The molecule has 0 amide bonds. The molecular weight excluding hydrogens is 428 g/mol. The highest BCUT2D eigenvalue weighted by atomic mass is 16.6. The van der Waals surface area contributed by atoms with Gasteiger partial charge in [-0.3, -0.25) is 0 Å². The largest absolute Gasteiger partial charge is 0.456 e. The summed E-state index contributed by atoms with van der Waals surface area (Å²) in [5, 5.41) is 11.0. The number of allylic oxidation sites excluding steroid dienone is 2. The second kappa shape index (κ2) is 9.02. The van der Waals surface area contributed by atoms with E-state index in [1.54, 1.807) is 6.92 Å². The van der Waals surface area contributed by atoms with E-state index in [0.29, 0.717) is 5.76 Å². The molecule has 1 aromatic heterocycles. The van der Waals surface area contributed by atoms with Crippen LogP contribution in [0.1, 0.15) is 64.0 Å². The number of aromatic nitrogens is 1. The Bertz CT molecular complexity index is 1240. The third-order valence-corrected chi connectivity index (χ3v) is 6.17. The van der Waals surface area contributed by atoms with Crippen LogP contribution in [0.2, 0.25) is 0 Å². The Balaban J connectivity index is 1.98. The first-order valence-electron chi connectivity index (χ1n) is 11.8. The maximum atomic E-state index is 13.4. The number of nitrogens with two attached hydrogens (primary N) is 1. The number of pyridine rings is 1. The summed E-state index contributed by atoms with van der Waals surface area (Å²) in [6.45, 7) is 10.9. The van der Waals surface area contributed by atoms with Crippen molar-refractivity contribution in [1.82, 2.24) is 4.98 Å². The van der Waals surface area contributed by atoms with E-state index in [0.717, 1.165) is 53.8 Å². The normalized spacial score (nSPS) is 19.2. The van der Waals surface area contributed by atoms with Gasteiger partial charge >= 0.3 is 5.97 Å². The van der Waals surface area contributed by atoms with Crippen molar-refractivity contribution in [1.29, 1.82) is 5.26 Å². The fraction of sp³-hybridized carbons (Fsp3) is 0.444. The van der Waals surface area contributed by atoms with Crippen molar-refractivity contribution in [3.63, 3.8) is 0 Å². The van der Waals surface area contributed by atoms with Crippen molar-refractivity contribution in [2.75, 3.05) is 18.0 Å². The highest BCUT2D eigenvalue weighted by Crippen LogP contribution is 2.44. The monoisotopic (exact) mass is 460 g/mol. The number of hydrogen-bond donors (Lipinski definition) is 1. The number of carbonyl (C=O) groups is 1. The Kier molecular flexibility index (Phi) is 6.26.